The maximum atomic E-state index is 14.4. The number of aromatic hydroxyl groups is 1. The number of aromatic amines is 1. The Kier molecular flexibility index (Phi) is 3.09. The van der Waals surface area contributed by atoms with Crippen LogP contribution in [0.2, 0.25) is 0 Å². The zero-order valence-corrected chi connectivity index (χ0v) is 9.58. The van der Waals surface area contributed by atoms with E-state index in [1.807, 2.05) is 0 Å². The van der Waals surface area contributed by atoms with Crippen LogP contribution in [-0.4, -0.2) is 44.8 Å². The van der Waals surface area contributed by atoms with Crippen molar-refractivity contribution in [1.82, 2.24) is 4.98 Å². The third kappa shape index (κ3) is 1.88. The number of H-pyrrole nitrogens is 1. The van der Waals surface area contributed by atoms with Crippen molar-refractivity contribution in [3.63, 3.8) is 0 Å². The fourth-order valence-corrected chi connectivity index (χ4v) is 1.99. The minimum Gasteiger partial charge on any atom is -0.446 e. The predicted molar refractivity (Wildman–Crippen MR) is 55.4 cm³/mol. The molecule has 1 saturated heterocycles. The van der Waals surface area contributed by atoms with Gasteiger partial charge in [-0.05, 0) is 6.92 Å². The summed E-state index contributed by atoms with van der Waals surface area (Å²) in [7, 11) is 0. The molecule has 1 aliphatic rings. The monoisotopic (exact) mass is 261 g/mol. The molecule has 2 rings (SSSR count). The van der Waals surface area contributed by atoms with Gasteiger partial charge in [-0.25, -0.2) is 9.18 Å². The van der Waals surface area contributed by atoms with Gasteiger partial charge >= 0.3 is 11.6 Å². The molecule has 2 heterocycles. The summed E-state index contributed by atoms with van der Waals surface area (Å²) < 4.78 is 20.5. The Bertz CT molecular complexity index is 503. The summed E-state index contributed by atoms with van der Waals surface area (Å²) in [5, 5.41) is 28.2. The largest absolute Gasteiger partial charge is 0.456 e. The van der Waals surface area contributed by atoms with Crippen LogP contribution in [0.4, 0.5) is 4.39 Å². The molecule has 4 N–H and O–H groups in total. The first kappa shape index (κ1) is 12.9. The Morgan fingerprint density at radius 1 is 1.67 bits per heavy atom. The van der Waals surface area contributed by atoms with Gasteiger partial charge in [0.2, 0.25) is 11.9 Å². The molecule has 0 amide bonds. The van der Waals surface area contributed by atoms with E-state index in [1.54, 1.807) is 0 Å². The maximum absolute atomic E-state index is 14.4. The highest BCUT2D eigenvalue weighted by molar-refractivity contribution is 4.96. The average Bonchev–Trinajstić information content (AvgIpc) is 2.52. The predicted octanol–water partition coefficient (Wildman–Crippen LogP) is -1.65. The van der Waals surface area contributed by atoms with Crippen molar-refractivity contribution in [3.05, 3.63) is 22.6 Å². The van der Waals surface area contributed by atoms with Gasteiger partial charge in [0.05, 0.1) is 12.7 Å². The molecule has 1 aromatic heterocycles. The summed E-state index contributed by atoms with van der Waals surface area (Å²) in [5.74, 6) is 0. The second kappa shape index (κ2) is 4.30. The molecule has 1 aromatic rings. The molecule has 0 saturated carbocycles. The van der Waals surface area contributed by atoms with E-state index in [0.29, 0.717) is 0 Å². The SMILES string of the molecule is C[C@@]1(F)[C@H](O)[C@@H](CO)O[C@H]1[n+]1ccc(=O)[nH]c1O. The standard InChI is InChI=1S/C10H13FN2O5/c1-10(11)7(16)5(4-14)18-8(10)13-3-2-6(15)12-9(13)17/h2-3,5,7-8,14,16H,4H2,1H3,(H,12,15,17)/p+1/t5-,7-,8-,10-/m1/s1. The van der Waals surface area contributed by atoms with Crippen molar-refractivity contribution in [2.45, 2.75) is 31.0 Å². The van der Waals surface area contributed by atoms with Gasteiger partial charge in [-0.1, -0.05) is 0 Å². The molecule has 0 aliphatic carbocycles. The molecule has 0 bridgehead atoms. The topological polar surface area (TPSA) is 107 Å². The van der Waals surface area contributed by atoms with Crippen LogP contribution in [0.5, 0.6) is 6.01 Å². The summed E-state index contributed by atoms with van der Waals surface area (Å²) >= 11 is 0. The Hall–Kier alpha value is -1.51. The van der Waals surface area contributed by atoms with Crippen molar-refractivity contribution < 1.29 is 29.0 Å². The fraction of sp³-hybridized carbons (Fsp3) is 0.600. The van der Waals surface area contributed by atoms with Gasteiger partial charge < -0.3 is 20.1 Å². The Labute approximate surface area is 101 Å². The molecule has 0 spiro atoms. The highest BCUT2D eigenvalue weighted by Crippen LogP contribution is 2.38. The Balaban J connectivity index is 2.42. The molecule has 0 aromatic carbocycles. The lowest BCUT2D eigenvalue weighted by Crippen LogP contribution is -2.51. The van der Waals surface area contributed by atoms with Crippen molar-refractivity contribution in [1.29, 1.82) is 0 Å². The lowest BCUT2D eigenvalue weighted by Gasteiger charge is -2.21. The van der Waals surface area contributed by atoms with Crippen molar-refractivity contribution in [3.8, 4) is 6.01 Å². The number of rotatable bonds is 2. The third-order valence-electron chi connectivity index (χ3n) is 3.02. The van der Waals surface area contributed by atoms with Gasteiger partial charge in [-0.3, -0.25) is 0 Å². The van der Waals surface area contributed by atoms with Gasteiger partial charge in [0.15, 0.2) is 0 Å². The minimum atomic E-state index is -2.21. The number of aromatic nitrogens is 2. The van der Waals surface area contributed by atoms with E-state index in [2.05, 4.69) is 4.98 Å². The highest BCUT2D eigenvalue weighted by atomic mass is 19.1. The van der Waals surface area contributed by atoms with Gasteiger partial charge in [0.1, 0.15) is 18.4 Å². The van der Waals surface area contributed by atoms with Gasteiger partial charge in [0.25, 0.3) is 0 Å². The average molecular weight is 261 g/mol. The van der Waals surface area contributed by atoms with E-state index in [0.717, 1.165) is 23.8 Å². The Morgan fingerprint density at radius 3 is 2.83 bits per heavy atom. The zero-order valence-electron chi connectivity index (χ0n) is 9.58. The molecule has 100 valence electrons. The molecule has 0 unspecified atom stereocenters. The van der Waals surface area contributed by atoms with Crippen LogP contribution in [0.15, 0.2) is 17.1 Å². The smallest absolute Gasteiger partial charge is 0.446 e. The van der Waals surface area contributed by atoms with E-state index in [-0.39, 0.29) is 0 Å². The quantitative estimate of drug-likeness (QED) is 0.477. The number of nitrogens with zero attached hydrogens (tertiary/aromatic N) is 1. The first-order chi connectivity index (χ1) is 8.37. The second-order valence-corrected chi connectivity index (χ2v) is 4.34. The van der Waals surface area contributed by atoms with Crippen LogP contribution >= 0.6 is 0 Å². The van der Waals surface area contributed by atoms with Crippen molar-refractivity contribution in [2.75, 3.05) is 6.61 Å². The molecule has 1 aliphatic heterocycles. The first-order valence-electron chi connectivity index (χ1n) is 5.34. The molecular formula is C10H14FN2O5+. The summed E-state index contributed by atoms with van der Waals surface area (Å²) in [6.45, 7) is 0.539. The second-order valence-electron chi connectivity index (χ2n) is 4.34. The Morgan fingerprint density at radius 2 is 2.33 bits per heavy atom. The normalized spacial score (nSPS) is 35.9. The molecule has 7 nitrogen and oxygen atoms in total. The number of alkyl halides is 1. The zero-order chi connectivity index (χ0) is 13.5. The van der Waals surface area contributed by atoms with Crippen LogP contribution in [0.1, 0.15) is 13.2 Å². The van der Waals surface area contributed by atoms with Crippen LogP contribution in [0, 0.1) is 0 Å². The molecular weight excluding hydrogens is 247 g/mol. The number of aliphatic hydroxyl groups excluding tert-OH is 2. The maximum Gasteiger partial charge on any atom is 0.456 e. The van der Waals surface area contributed by atoms with Crippen LogP contribution < -0.4 is 10.1 Å². The van der Waals surface area contributed by atoms with E-state index < -0.39 is 42.3 Å². The van der Waals surface area contributed by atoms with E-state index in [4.69, 9.17) is 9.84 Å². The number of nitrogens with one attached hydrogen (secondary N) is 1. The van der Waals surface area contributed by atoms with Gasteiger partial charge in [0, 0.05) is 0 Å². The van der Waals surface area contributed by atoms with Crippen LogP contribution in [0.25, 0.3) is 0 Å². The number of ether oxygens (including phenoxy) is 1. The summed E-state index contributed by atoms with van der Waals surface area (Å²) in [6, 6.07) is 0.486. The molecule has 4 atom stereocenters. The fourth-order valence-electron chi connectivity index (χ4n) is 1.99. The lowest BCUT2D eigenvalue weighted by atomic mass is 9.98. The molecule has 8 heteroatoms. The number of hydrogen-bond acceptors (Lipinski definition) is 5. The minimum absolute atomic E-state index is 0.554. The molecule has 1 fully saturated rings. The summed E-state index contributed by atoms with van der Waals surface area (Å²) in [5.41, 5.74) is -2.77. The van der Waals surface area contributed by atoms with E-state index in [9.17, 15) is 19.4 Å². The first-order valence-corrected chi connectivity index (χ1v) is 5.34. The highest BCUT2D eigenvalue weighted by Gasteiger charge is 2.57. The molecule has 0 radical (unpaired) electrons. The molecule has 18 heavy (non-hydrogen) atoms. The summed E-state index contributed by atoms with van der Waals surface area (Å²) in [6.07, 6.45) is -2.83. The van der Waals surface area contributed by atoms with Gasteiger partial charge in [-0.15, -0.1) is 0 Å². The van der Waals surface area contributed by atoms with Crippen molar-refractivity contribution in [2.24, 2.45) is 0 Å². The summed E-state index contributed by atoms with van der Waals surface area (Å²) in [4.78, 5) is 13.0. The van der Waals surface area contributed by atoms with Crippen molar-refractivity contribution >= 4 is 0 Å². The number of halogens is 1. The third-order valence-corrected chi connectivity index (χ3v) is 3.02. The number of hydrogen-bond donors (Lipinski definition) is 4. The van der Waals surface area contributed by atoms with Gasteiger partial charge in [-0.2, -0.15) is 9.55 Å². The number of aliphatic hydroxyl groups is 2. The van der Waals surface area contributed by atoms with Crippen LogP contribution in [0.3, 0.4) is 0 Å². The van der Waals surface area contributed by atoms with E-state index in [1.165, 1.54) is 0 Å². The van der Waals surface area contributed by atoms with Crippen LogP contribution in [-0.2, 0) is 4.74 Å². The van der Waals surface area contributed by atoms with E-state index >= 15 is 0 Å². The lowest BCUT2D eigenvalue weighted by molar-refractivity contribution is -0.776.